The van der Waals surface area contributed by atoms with Crippen molar-refractivity contribution in [3.8, 4) is 0 Å². The number of hydrogen-bond acceptors (Lipinski definition) is 3. The van der Waals surface area contributed by atoms with E-state index in [1.165, 1.54) is 12.8 Å². The summed E-state index contributed by atoms with van der Waals surface area (Å²) in [6.45, 7) is 0.840. The van der Waals surface area contributed by atoms with Crippen LogP contribution in [0.5, 0.6) is 0 Å². The van der Waals surface area contributed by atoms with Crippen molar-refractivity contribution in [3.05, 3.63) is 57.6 Å². The number of halogens is 2. The van der Waals surface area contributed by atoms with Crippen molar-refractivity contribution in [2.24, 2.45) is 0 Å². The van der Waals surface area contributed by atoms with E-state index in [4.69, 9.17) is 23.2 Å². The first-order valence-electron chi connectivity index (χ1n) is 6.68. The molecule has 0 bridgehead atoms. The summed E-state index contributed by atoms with van der Waals surface area (Å²) < 4.78 is 0. The van der Waals surface area contributed by atoms with Crippen LogP contribution in [0.3, 0.4) is 0 Å². The lowest BCUT2D eigenvalue weighted by Crippen LogP contribution is -2.15. The molecular formula is C15H15Cl2N3. The Kier molecular flexibility index (Phi) is 4.20. The maximum absolute atomic E-state index is 6.15. The summed E-state index contributed by atoms with van der Waals surface area (Å²) in [7, 11) is 0. The smallest absolute Gasteiger partial charge is 0.132 e. The van der Waals surface area contributed by atoms with Crippen molar-refractivity contribution in [2.45, 2.75) is 31.8 Å². The van der Waals surface area contributed by atoms with Crippen LogP contribution in [0.1, 0.15) is 29.8 Å². The molecule has 0 unspecified atom stereocenters. The number of rotatable bonds is 5. The van der Waals surface area contributed by atoms with Gasteiger partial charge in [-0.2, -0.15) is 0 Å². The van der Waals surface area contributed by atoms with Crippen LogP contribution in [-0.2, 0) is 13.0 Å². The standard InChI is InChI=1S/C15H15Cl2N3/c16-12-2-1-11(14(17)6-12)5-15-19-8-10(9-20-15)7-18-13-3-4-13/h1-2,6,8-9,13,18H,3-5,7H2. The van der Waals surface area contributed by atoms with Crippen LogP contribution < -0.4 is 5.32 Å². The maximum Gasteiger partial charge on any atom is 0.132 e. The summed E-state index contributed by atoms with van der Waals surface area (Å²) in [4.78, 5) is 8.79. The number of hydrogen-bond donors (Lipinski definition) is 1. The quantitative estimate of drug-likeness (QED) is 0.916. The Balaban J connectivity index is 1.64. The van der Waals surface area contributed by atoms with E-state index < -0.39 is 0 Å². The van der Waals surface area contributed by atoms with Crippen LogP contribution in [0.4, 0.5) is 0 Å². The highest BCUT2D eigenvalue weighted by atomic mass is 35.5. The van der Waals surface area contributed by atoms with Gasteiger partial charge in [-0.25, -0.2) is 9.97 Å². The highest BCUT2D eigenvalue weighted by Crippen LogP contribution is 2.22. The molecule has 1 fully saturated rings. The Morgan fingerprint density at radius 1 is 1.15 bits per heavy atom. The zero-order chi connectivity index (χ0) is 13.9. The molecule has 1 aromatic heterocycles. The van der Waals surface area contributed by atoms with Gasteiger partial charge in [-0.05, 0) is 30.5 Å². The molecule has 0 spiro atoms. The molecule has 1 N–H and O–H groups in total. The van der Waals surface area contributed by atoms with Crippen LogP contribution in [0, 0.1) is 0 Å². The average Bonchev–Trinajstić information content (AvgIpc) is 3.25. The lowest BCUT2D eigenvalue weighted by atomic mass is 10.1. The Labute approximate surface area is 128 Å². The molecule has 20 heavy (non-hydrogen) atoms. The van der Waals surface area contributed by atoms with E-state index in [1.807, 2.05) is 24.5 Å². The molecule has 1 saturated carbocycles. The van der Waals surface area contributed by atoms with Crippen LogP contribution in [0.25, 0.3) is 0 Å². The number of benzene rings is 1. The Morgan fingerprint density at radius 2 is 1.90 bits per heavy atom. The van der Waals surface area contributed by atoms with E-state index in [9.17, 15) is 0 Å². The molecule has 0 radical (unpaired) electrons. The molecule has 2 aromatic rings. The fourth-order valence-corrected chi connectivity index (χ4v) is 2.42. The first-order valence-corrected chi connectivity index (χ1v) is 7.43. The topological polar surface area (TPSA) is 37.8 Å². The Bertz CT molecular complexity index is 595. The number of aromatic nitrogens is 2. The monoisotopic (exact) mass is 307 g/mol. The van der Waals surface area contributed by atoms with Gasteiger partial charge in [0.25, 0.3) is 0 Å². The molecule has 1 aliphatic rings. The fourth-order valence-electron chi connectivity index (χ4n) is 1.95. The van der Waals surface area contributed by atoms with Crippen LogP contribution in [-0.4, -0.2) is 16.0 Å². The van der Waals surface area contributed by atoms with Gasteiger partial charge in [-0.1, -0.05) is 29.3 Å². The maximum atomic E-state index is 6.15. The summed E-state index contributed by atoms with van der Waals surface area (Å²) in [6, 6.07) is 6.18. The van der Waals surface area contributed by atoms with Crippen molar-refractivity contribution in [1.82, 2.24) is 15.3 Å². The van der Waals surface area contributed by atoms with E-state index >= 15 is 0 Å². The first kappa shape index (κ1) is 13.8. The third-order valence-electron chi connectivity index (χ3n) is 3.29. The minimum absolute atomic E-state index is 0.617. The van der Waals surface area contributed by atoms with Crippen LogP contribution in [0.2, 0.25) is 10.0 Å². The van der Waals surface area contributed by atoms with E-state index in [1.54, 1.807) is 6.07 Å². The lowest BCUT2D eigenvalue weighted by molar-refractivity contribution is 0.681. The normalized spacial score (nSPS) is 14.5. The molecule has 0 saturated heterocycles. The average molecular weight is 308 g/mol. The minimum Gasteiger partial charge on any atom is -0.310 e. The highest BCUT2D eigenvalue weighted by Gasteiger charge is 2.19. The summed E-state index contributed by atoms with van der Waals surface area (Å²) >= 11 is 12.0. The van der Waals surface area contributed by atoms with Gasteiger partial charge in [-0.15, -0.1) is 0 Å². The summed E-state index contributed by atoms with van der Waals surface area (Å²) in [5, 5.41) is 4.73. The molecule has 3 nitrogen and oxygen atoms in total. The van der Waals surface area contributed by atoms with E-state index in [2.05, 4.69) is 15.3 Å². The van der Waals surface area contributed by atoms with Crippen molar-refractivity contribution in [3.63, 3.8) is 0 Å². The number of nitrogens with one attached hydrogen (secondary N) is 1. The molecule has 104 valence electrons. The lowest BCUT2D eigenvalue weighted by Gasteiger charge is -2.06. The van der Waals surface area contributed by atoms with Gasteiger partial charge in [0, 0.05) is 47.0 Å². The molecule has 3 rings (SSSR count). The van der Waals surface area contributed by atoms with Crippen molar-refractivity contribution in [2.75, 3.05) is 0 Å². The molecule has 0 atom stereocenters. The fraction of sp³-hybridized carbons (Fsp3) is 0.333. The first-order chi connectivity index (χ1) is 9.70. The molecule has 1 aromatic carbocycles. The summed E-state index contributed by atoms with van der Waals surface area (Å²) in [5.74, 6) is 0.768. The molecule has 5 heteroatoms. The van der Waals surface area contributed by atoms with Crippen molar-refractivity contribution >= 4 is 23.2 Å². The largest absolute Gasteiger partial charge is 0.310 e. The van der Waals surface area contributed by atoms with Gasteiger partial charge < -0.3 is 5.32 Å². The molecule has 0 aliphatic heterocycles. The molecule has 1 heterocycles. The van der Waals surface area contributed by atoms with Crippen LogP contribution >= 0.6 is 23.2 Å². The predicted octanol–water partition coefficient (Wildman–Crippen LogP) is 3.63. The van der Waals surface area contributed by atoms with E-state index in [-0.39, 0.29) is 0 Å². The van der Waals surface area contributed by atoms with Gasteiger partial charge in [0.2, 0.25) is 0 Å². The van der Waals surface area contributed by atoms with Crippen LogP contribution in [0.15, 0.2) is 30.6 Å². The molecule has 1 aliphatic carbocycles. The van der Waals surface area contributed by atoms with Gasteiger partial charge in [0.05, 0.1) is 0 Å². The van der Waals surface area contributed by atoms with Crippen molar-refractivity contribution < 1.29 is 0 Å². The molecule has 0 amide bonds. The predicted molar refractivity (Wildman–Crippen MR) is 81.2 cm³/mol. The van der Waals surface area contributed by atoms with Gasteiger partial charge >= 0.3 is 0 Å². The zero-order valence-electron chi connectivity index (χ0n) is 10.9. The van der Waals surface area contributed by atoms with Gasteiger partial charge in [0.15, 0.2) is 0 Å². The Hall–Kier alpha value is -1.16. The van der Waals surface area contributed by atoms with Gasteiger partial charge in [-0.3, -0.25) is 0 Å². The second-order valence-electron chi connectivity index (χ2n) is 5.08. The van der Waals surface area contributed by atoms with E-state index in [0.29, 0.717) is 22.5 Å². The summed E-state index contributed by atoms with van der Waals surface area (Å²) in [6.07, 6.45) is 6.94. The molecular weight excluding hydrogens is 293 g/mol. The third-order valence-corrected chi connectivity index (χ3v) is 3.88. The van der Waals surface area contributed by atoms with Gasteiger partial charge in [0.1, 0.15) is 5.82 Å². The van der Waals surface area contributed by atoms with Crippen molar-refractivity contribution in [1.29, 1.82) is 0 Å². The minimum atomic E-state index is 0.617. The second kappa shape index (κ2) is 6.08. The second-order valence-corrected chi connectivity index (χ2v) is 5.92. The Morgan fingerprint density at radius 3 is 2.55 bits per heavy atom. The summed E-state index contributed by atoms with van der Waals surface area (Å²) in [5.41, 5.74) is 2.10. The van der Waals surface area contributed by atoms with E-state index in [0.717, 1.165) is 23.5 Å². The SMILES string of the molecule is Clc1ccc(Cc2ncc(CNC3CC3)cn2)c(Cl)c1. The number of nitrogens with zero attached hydrogens (tertiary/aromatic N) is 2. The third kappa shape index (κ3) is 3.69. The highest BCUT2D eigenvalue weighted by molar-refractivity contribution is 6.35. The zero-order valence-corrected chi connectivity index (χ0v) is 12.5.